The molecular formula is C25H26N2O3. The van der Waals surface area contributed by atoms with Crippen molar-refractivity contribution in [1.29, 1.82) is 0 Å². The van der Waals surface area contributed by atoms with Gasteiger partial charge in [0.1, 0.15) is 0 Å². The van der Waals surface area contributed by atoms with E-state index in [0.717, 1.165) is 28.8 Å². The molecule has 2 amide bonds. The summed E-state index contributed by atoms with van der Waals surface area (Å²) < 4.78 is 11.0. The second-order valence-corrected chi connectivity index (χ2v) is 7.41. The number of benzene rings is 3. The van der Waals surface area contributed by atoms with E-state index in [1.807, 2.05) is 66.4 Å². The van der Waals surface area contributed by atoms with Gasteiger partial charge in [0.15, 0.2) is 11.5 Å². The predicted octanol–water partition coefficient (Wildman–Crippen LogP) is 5.19. The highest BCUT2D eigenvalue weighted by atomic mass is 16.5. The zero-order chi connectivity index (χ0) is 21.1. The van der Waals surface area contributed by atoms with Crippen molar-refractivity contribution in [3.05, 3.63) is 89.0 Å². The Bertz CT molecular complexity index is 1050. The summed E-state index contributed by atoms with van der Waals surface area (Å²) in [4.78, 5) is 15.2. The molecule has 0 saturated carbocycles. The quantitative estimate of drug-likeness (QED) is 0.653. The van der Waals surface area contributed by atoms with Crippen molar-refractivity contribution in [3.8, 4) is 11.5 Å². The van der Waals surface area contributed by atoms with E-state index in [-0.39, 0.29) is 12.1 Å². The van der Waals surface area contributed by atoms with E-state index in [1.54, 1.807) is 14.2 Å². The molecule has 0 unspecified atom stereocenters. The van der Waals surface area contributed by atoms with E-state index >= 15 is 0 Å². The molecule has 0 radical (unpaired) electrons. The number of urea groups is 1. The Balaban J connectivity index is 1.76. The molecule has 0 aliphatic carbocycles. The van der Waals surface area contributed by atoms with Crippen molar-refractivity contribution < 1.29 is 14.3 Å². The molecular weight excluding hydrogens is 376 g/mol. The summed E-state index contributed by atoms with van der Waals surface area (Å²) in [6.45, 7) is 2.60. The normalized spacial score (nSPS) is 15.3. The topological polar surface area (TPSA) is 50.8 Å². The summed E-state index contributed by atoms with van der Waals surface area (Å²) >= 11 is 0. The molecule has 3 aromatic rings. The van der Waals surface area contributed by atoms with E-state index < -0.39 is 0 Å². The lowest BCUT2D eigenvalue weighted by molar-refractivity contribution is 0.193. The van der Waals surface area contributed by atoms with Gasteiger partial charge in [-0.2, -0.15) is 0 Å². The maximum atomic E-state index is 13.3. The molecule has 0 saturated heterocycles. The van der Waals surface area contributed by atoms with Gasteiger partial charge in [-0.15, -0.1) is 0 Å². The molecule has 5 nitrogen and oxygen atoms in total. The lowest BCUT2D eigenvalue weighted by Crippen LogP contribution is -2.43. The van der Waals surface area contributed by atoms with E-state index in [1.165, 1.54) is 5.56 Å². The van der Waals surface area contributed by atoms with Gasteiger partial charge in [-0.05, 0) is 53.8 Å². The summed E-state index contributed by atoms with van der Waals surface area (Å²) in [5.41, 5.74) is 5.15. The summed E-state index contributed by atoms with van der Waals surface area (Å²) in [7, 11) is 3.27. The summed E-state index contributed by atoms with van der Waals surface area (Å²) in [6, 6.07) is 21.6. The molecule has 0 aromatic heterocycles. The number of para-hydroxylation sites is 1. The first kappa shape index (κ1) is 19.8. The molecule has 1 atom stereocenters. The number of hydrogen-bond donors (Lipinski definition) is 1. The lowest BCUT2D eigenvalue weighted by Gasteiger charge is -2.38. The monoisotopic (exact) mass is 402 g/mol. The minimum absolute atomic E-state index is 0.112. The van der Waals surface area contributed by atoms with Crippen LogP contribution in [0.2, 0.25) is 0 Å². The number of ether oxygens (including phenoxy) is 2. The molecule has 1 N–H and O–H groups in total. The second kappa shape index (κ2) is 8.49. The number of carbonyl (C=O) groups is 1. The van der Waals surface area contributed by atoms with Gasteiger partial charge < -0.3 is 19.7 Å². The maximum Gasteiger partial charge on any atom is 0.322 e. The van der Waals surface area contributed by atoms with Crippen molar-refractivity contribution in [3.63, 3.8) is 0 Å². The summed E-state index contributed by atoms with van der Waals surface area (Å²) in [5.74, 6) is 1.37. The Morgan fingerprint density at radius 3 is 2.33 bits per heavy atom. The number of aryl methyl sites for hydroxylation is 1. The predicted molar refractivity (Wildman–Crippen MR) is 118 cm³/mol. The minimum atomic E-state index is -0.209. The highest BCUT2D eigenvalue weighted by Crippen LogP contribution is 2.41. The first-order valence-electron chi connectivity index (χ1n) is 10.1. The molecule has 30 heavy (non-hydrogen) atoms. The van der Waals surface area contributed by atoms with Crippen molar-refractivity contribution in [2.75, 3.05) is 26.1 Å². The van der Waals surface area contributed by atoms with Crippen LogP contribution in [0, 0.1) is 6.92 Å². The molecule has 1 heterocycles. The molecule has 0 spiro atoms. The zero-order valence-electron chi connectivity index (χ0n) is 17.5. The van der Waals surface area contributed by atoms with Crippen LogP contribution in [0.4, 0.5) is 10.5 Å². The van der Waals surface area contributed by atoms with Gasteiger partial charge >= 0.3 is 6.03 Å². The number of anilines is 1. The Kier molecular flexibility index (Phi) is 5.61. The molecule has 154 valence electrons. The van der Waals surface area contributed by atoms with Crippen LogP contribution in [0.15, 0.2) is 66.7 Å². The number of methoxy groups -OCH3 is 2. The number of amides is 2. The third kappa shape index (κ3) is 3.71. The second-order valence-electron chi connectivity index (χ2n) is 7.41. The third-order valence-electron chi connectivity index (χ3n) is 5.64. The van der Waals surface area contributed by atoms with Crippen LogP contribution in [0.5, 0.6) is 11.5 Å². The zero-order valence-corrected chi connectivity index (χ0v) is 17.5. The smallest absolute Gasteiger partial charge is 0.322 e. The van der Waals surface area contributed by atoms with Crippen molar-refractivity contribution in [2.24, 2.45) is 0 Å². The van der Waals surface area contributed by atoms with Gasteiger partial charge in [-0.25, -0.2) is 4.79 Å². The first-order valence-corrected chi connectivity index (χ1v) is 10.1. The number of nitrogens with one attached hydrogen (secondary N) is 1. The molecule has 0 fully saturated rings. The third-order valence-corrected chi connectivity index (χ3v) is 5.64. The van der Waals surface area contributed by atoms with E-state index in [9.17, 15) is 4.79 Å². The van der Waals surface area contributed by atoms with E-state index in [4.69, 9.17) is 9.47 Å². The van der Waals surface area contributed by atoms with Gasteiger partial charge in [-0.1, -0.05) is 48.5 Å². The van der Waals surface area contributed by atoms with Gasteiger partial charge in [0.05, 0.1) is 20.3 Å². The number of rotatable bonds is 4. The molecule has 4 rings (SSSR count). The average Bonchev–Trinajstić information content (AvgIpc) is 2.79. The van der Waals surface area contributed by atoms with Crippen LogP contribution in [0.1, 0.15) is 28.3 Å². The fraction of sp³-hybridized carbons (Fsp3) is 0.240. The molecule has 3 aromatic carbocycles. The minimum Gasteiger partial charge on any atom is -0.493 e. The molecule has 1 aliphatic rings. The number of carbonyl (C=O) groups excluding carboxylic acids is 1. The van der Waals surface area contributed by atoms with Crippen LogP contribution >= 0.6 is 0 Å². The van der Waals surface area contributed by atoms with Crippen molar-refractivity contribution in [2.45, 2.75) is 19.4 Å². The summed E-state index contributed by atoms with van der Waals surface area (Å²) in [5, 5.41) is 3.09. The number of fused-ring (bicyclic) bond motifs is 1. The SMILES string of the molecule is COc1cc2c(cc1OC)[C@H](c1ccccc1)N(C(=O)Nc1ccccc1C)CC2. The average molecular weight is 402 g/mol. The van der Waals surface area contributed by atoms with Crippen LogP contribution in [-0.4, -0.2) is 31.7 Å². The Morgan fingerprint density at radius 1 is 0.967 bits per heavy atom. The molecule has 1 aliphatic heterocycles. The number of hydrogen-bond acceptors (Lipinski definition) is 3. The molecule has 0 bridgehead atoms. The van der Waals surface area contributed by atoms with Gasteiger partial charge in [-0.3, -0.25) is 0 Å². The van der Waals surface area contributed by atoms with Crippen LogP contribution in [0.25, 0.3) is 0 Å². The molecule has 5 heteroatoms. The summed E-state index contributed by atoms with van der Waals surface area (Å²) in [6.07, 6.45) is 0.750. The van der Waals surface area contributed by atoms with E-state index in [2.05, 4.69) is 17.4 Å². The van der Waals surface area contributed by atoms with Crippen molar-refractivity contribution in [1.82, 2.24) is 4.90 Å². The van der Waals surface area contributed by atoms with Gasteiger partial charge in [0, 0.05) is 12.2 Å². The first-order chi connectivity index (χ1) is 14.6. The standard InChI is InChI=1S/C25H26N2O3/c1-17-9-7-8-12-21(17)26-25(28)27-14-13-19-15-22(29-2)23(30-3)16-20(19)24(27)18-10-5-4-6-11-18/h4-12,15-16,24H,13-14H2,1-3H3,(H,26,28)/t24-/m0/s1. The van der Waals surface area contributed by atoms with Gasteiger partial charge in [0.25, 0.3) is 0 Å². The fourth-order valence-electron chi connectivity index (χ4n) is 4.06. The highest BCUT2D eigenvalue weighted by Gasteiger charge is 2.33. The van der Waals surface area contributed by atoms with Crippen molar-refractivity contribution >= 4 is 11.7 Å². The van der Waals surface area contributed by atoms with E-state index in [0.29, 0.717) is 18.0 Å². The fourth-order valence-corrected chi connectivity index (χ4v) is 4.06. The van der Waals surface area contributed by atoms with Crippen LogP contribution in [-0.2, 0) is 6.42 Å². The highest BCUT2D eigenvalue weighted by molar-refractivity contribution is 5.91. The largest absolute Gasteiger partial charge is 0.493 e. The Labute approximate surface area is 177 Å². The van der Waals surface area contributed by atoms with Crippen LogP contribution in [0.3, 0.4) is 0 Å². The van der Waals surface area contributed by atoms with Gasteiger partial charge in [0.2, 0.25) is 0 Å². The lowest BCUT2D eigenvalue weighted by atomic mass is 9.88. The maximum absolute atomic E-state index is 13.3. The number of nitrogens with zero attached hydrogens (tertiary/aromatic N) is 1. The Morgan fingerprint density at radius 2 is 1.63 bits per heavy atom. The van der Waals surface area contributed by atoms with Crippen LogP contribution < -0.4 is 14.8 Å². The Hall–Kier alpha value is -3.47.